The lowest BCUT2D eigenvalue weighted by Gasteiger charge is -2.25. The maximum Gasteiger partial charge on any atom is 0.361 e. The summed E-state index contributed by atoms with van der Waals surface area (Å²) >= 11 is 0. The van der Waals surface area contributed by atoms with E-state index in [1.54, 1.807) is 0 Å². The Morgan fingerprint density at radius 3 is 1.09 bits per heavy atom. The van der Waals surface area contributed by atoms with E-state index in [1.807, 2.05) is 21.1 Å². The molecule has 9 nitrogen and oxygen atoms in total. The zero-order valence-corrected chi connectivity index (χ0v) is 52.3. The van der Waals surface area contributed by atoms with Gasteiger partial charge in [-0.3, -0.25) is 9.59 Å². The highest BCUT2D eigenvalue weighted by molar-refractivity contribution is 5.71. The molecule has 0 aromatic carbocycles. The molecular formula is C70H126NO8+. The third-order valence-electron chi connectivity index (χ3n) is 14.4. The molecule has 0 aliphatic carbocycles. The zero-order chi connectivity index (χ0) is 57.6. The van der Waals surface area contributed by atoms with Crippen LogP contribution >= 0.6 is 0 Å². The quantitative estimate of drug-likeness (QED) is 0.0211. The Kier molecular flexibility index (Phi) is 58.3. The summed E-state index contributed by atoms with van der Waals surface area (Å²) in [6.45, 7) is 4.78. The van der Waals surface area contributed by atoms with Crippen molar-refractivity contribution in [2.24, 2.45) is 0 Å². The number of allylic oxidation sites excluding steroid dienone is 12. The van der Waals surface area contributed by atoms with Gasteiger partial charge in [-0.2, -0.15) is 0 Å². The van der Waals surface area contributed by atoms with Crippen molar-refractivity contribution in [3.8, 4) is 0 Å². The summed E-state index contributed by atoms with van der Waals surface area (Å²) in [6, 6.07) is 0. The maximum atomic E-state index is 12.9. The van der Waals surface area contributed by atoms with Crippen molar-refractivity contribution in [3.05, 3.63) is 72.9 Å². The van der Waals surface area contributed by atoms with Crippen LogP contribution in [0.25, 0.3) is 0 Å². The van der Waals surface area contributed by atoms with Crippen LogP contribution < -0.4 is 0 Å². The molecule has 0 radical (unpaired) electrons. The van der Waals surface area contributed by atoms with E-state index in [0.29, 0.717) is 23.9 Å². The van der Waals surface area contributed by atoms with E-state index >= 15 is 0 Å². The number of esters is 2. The van der Waals surface area contributed by atoms with Crippen LogP contribution in [0, 0.1) is 0 Å². The highest BCUT2D eigenvalue weighted by Crippen LogP contribution is 2.17. The Bertz CT molecular complexity index is 1520. The van der Waals surface area contributed by atoms with Crippen molar-refractivity contribution < 1.29 is 42.9 Å². The first-order valence-electron chi connectivity index (χ1n) is 33.1. The molecule has 0 heterocycles. The van der Waals surface area contributed by atoms with E-state index in [-0.39, 0.29) is 32.2 Å². The Labute approximate surface area is 487 Å². The zero-order valence-electron chi connectivity index (χ0n) is 52.3. The molecule has 0 saturated carbocycles. The number of likely N-dealkylation sites (N-methyl/N-ethyl adjacent to an activating group) is 1. The number of carboxylic acids is 1. The van der Waals surface area contributed by atoms with Crippen LogP contribution in [-0.2, 0) is 33.3 Å². The molecule has 0 bridgehead atoms. The number of carbonyl (C=O) groups excluding carboxylic acids is 2. The lowest BCUT2D eigenvalue weighted by molar-refractivity contribution is -0.870. The Balaban J connectivity index is 4.13. The lowest BCUT2D eigenvalue weighted by atomic mass is 10.0. The molecule has 0 aliphatic rings. The molecule has 0 fully saturated rings. The van der Waals surface area contributed by atoms with Gasteiger partial charge in [0.1, 0.15) is 13.2 Å². The number of rotatable bonds is 61. The van der Waals surface area contributed by atoms with Gasteiger partial charge in [0.2, 0.25) is 0 Å². The summed E-state index contributed by atoms with van der Waals surface area (Å²) in [7, 11) is 5.97. The first-order valence-corrected chi connectivity index (χ1v) is 33.1. The van der Waals surface area contributed by atoms with Crippen LogP contribution in [0.2, 0.25) is 0 Å². The number of aliphatic carboxylic acids is 1. The van der Waals surface area contributed by atoms with E-state index in [4.69, 9.17) is 18.9 Å². The number of unbranched alkanes of at least 4 members (excludes halogenated alkanes) is 34. The molecule has 0 rings (SSSR count). The Morgan fingerprint density at radius 1 is 0.392 bits per heavy atom. The van der Waals surface area contributed by atoms with E-state index in [1.165, 1.54) is 186 Å². The highest BCUT2D eigenvalue weighted by Gasteiger charge is 2.25. The fourth-order valence-corrected chi connectivity index (χ4v) is 9.39. The number of quaternary nitrogens is 1. The Hall–Kier alpha value is -3.27. The van der Waals surface area contributed by atoms with Crippen LogP contribution in [0.15, 0.2) is 72.9 Å². The van der Waals surface area contributed by atoms with Crippen LogP contribution in [0.4, 0.5) is 0 Å². The minimum Gasteiger partial charge on any atom is -0.477 e. The van der Waals surface area contributed by atoms with Gasteiger partial charge in [-0.1, -0.05) is 273 Å². The van der Waals surface area contributed by atoms with Gasteiger partial charge in [0.05, 0.1) is 34.4 Å². The van der Waals surface area contributed by atoms with Gasteiger partial charge in [0.15, 0.2) is 6.10 Å². The van der Waals surface area contributed by atoms with E-state index in [9.17, 15) is 19.5 Å². The van der Waals surface area contributed by atoms with Gasteiger partial charge in [0, 0.05) is 12.8 Å². The maximum absolute atomic E-state index is 12.9. The van der Waals surface area contributed by atoms with Crippen LogP contribution in [-0.4, -0.2) is 87.4 Å². The van der Waals surface area contributed by atoms with Crippen LogP contribution in [0.1, 0.15) is 296 Å². The topological polar surface area (TPSA) is 108 Å². The van der Waals surface area contributed by atoms with E-state index in [2.05, 4.69) is 86.8 Å². The van der Waals surface area contributed by atoms with Crippen molar-refractivity contribution in [1.29, 1.82) is 0 Å². The summed E-state index contributed by atoms with van der Waals surface area (Å²) < 4.78 is 22.9. The fraction of sp³-hybridized carbons (Fsp3) is 0.786. The van der Waals surface area contributed by atoms with Crippen molar-refractivity contribution in [2.45, 2.75) is 309 Å². The van der Waals surface area contributed by atoms with Gasteiger partial charge >= 0.3 is 17.9 Å². The molecule has 1 N–H and O–H groups in total. The number of carboxylic acid groups (broad SMARTS) is 1. The normalized spacial score (nSPS) is 13.2. The molecule has 0 aliphatic heterocycles. The third kappa shape index (κ3) is 62.2. The third-order valence-corrected chi connectivity index (χ3v) is 14.4. The number of carbonyl (C=O) groups is 3. The molecule has 0 aromatic rings. The SMILES string of the molecule is CC/C=C\C/C=C\C/C=C\C/C=C\C/C=C\CCCCCCCCCC(=O)OC(COC(=O)CCCCCCCCCCCCCCCCCCCCC/C=C\CCCCCCCCCC)COC(OCC[N+](C)(C)C)C(=O)O. The first kappa shape index (κ1) is 75.7. The van der Waals surface area contributed by atoms with Crippen molar-refractivity contribution in [3.63, 3.8) is 0 Å². The fourth-order valence-electron chi connectivity index (χ4n) is 9.39. The van der Waals surface area contributed by atoms with Gasteiger partial charge in [-0.05, 0) is 83.5 Å². The largest absolute Gasteiger partial charge is 0.477 e. The summed E-state index contributed by atoms with van der Waals surface area (Å²) in [5.74, 6) is -2.01. The van der Waals surface area contributed by atoms with Gasteiger partial charge in [0.25, 0.3) is 6.29 Å². The van der Waals surface area contributed by atoms with Crippen LogP contribution in [0.5, 0.6) is 0 Å². The van der Waals surface area contributed by atoms with Crippen molar-refractivity contribution in [1.82, 2.24) is 0 Å². The molecule has 2 unspecified atom stereocenters. The summed E-state index contributed by atoms with van der Waals surface area (Å²) in [4.78, 5) is 37.5. The molecule has 2 atom stereocenters. The molecule has 0 saturated heterocycles. The molecule has 0 amide bonds. The Morgan fingerprint density at radius 2 is 0.722 bits per heavy atom. The molecule has 79 heavy (non-hydrogen) atoms. The predicted octanol–water partition coefficient (Wildman–Crippen LogP) is 20.1. The second-order valence-electron chi connectivity index (χ2n) is 23.4. The average molecular weight is 1110 g/mol. The van der Waals surface area contributed by atoms with Crippen molar-refractivity contribution >= 4 is 17.9 Å². The highest BCUT2D eigenvalue weighted by atomic mass is 16.7. The van der Waals surface area contributed by atoms with Gasteiger partial charge < -0.3 is 28.5 Å². The summed E-state index contributed by atoms with van der Waals surface area (Å²) in [5.41, 5.74) is 0. The standard InChI is InChI=1S/C70H125NO8/c1-6-8-10-12-14-16-18-20-22-24-26-28-30-31-32-33-34-35-36-37-39-40-42-44-46-48-50-52-54-56-58-60-67(72)77-64-66(65-78-70(69(74)75)76-63-62-71(3,4)5)79-68(73)61-59-57-55-53-51-49-47-45-43-41-38-29-27-25-23-21-19-17-15-13-11-9-7-2/h9,11,15,17,21,23-24,26-27,29,41,43,66,70H,6-8,10,12-14,16,18-20,22,25,28,30-40,42,44-65H2,1-5H3/p+1/b11-9-,17-15-,23-21-,26-24-,29-27-,43-41-. The van der Waals surface area contributed by atoms with Gasteiger partial charge in [-0.15, -0.1) is 0 Å². The minimum absolute atomic E-state index is 0.183. The smallest absolute Gasteiger partial charge is 0.361 e. The molecule has 0 spiro atoms. The number of ether oxygens (including phenoxy) is 4. The number of hydrogen-bond donors (Lipinski definition) is 1. The number of nitrogens with zero attached hydrogens (tertiary/aromatic N) is 1. The summed E-state index contributed by atoms with van der Waals surface area (Å²) in [6.07, 6.45) is 77.2. The molecule has 9 heteroatoms. The van der Waals surface area contributed by atoms with E-state index in [0.717, 1.165) is 77.0 Å². The number of hydrogen-bond acceptors (Lipinski definition) is 7. The lowest BCUT2D eigenvalue weighted by Crippen LogP contribution is -2.40. The first-order chi connectivity index (χ1) is 38.6. The minimum atomic E-state index is -1.52. The average Bonchev–Trinajstić information content (AvgIpc) is 3.42. The molecular weight excluding hydrogens is 983 g/mol. The second-order valence-corrected chi connectivity index (χ2v) is 23.4. The molecule has 0 aromatic heterocycles. The summed E-state index contributed by atoms with van der Waals surface area (Å²) in [5, 5.41) is 9.73. The molecule has 458 valence electrons. The van der Waals surface area contributed by atoms with Crippen LogP contribution in [0.3, 0.4) is 0 Å². The predicted molar refractivity (Wildman–Crippen MR) is 336 cm³/mol. The van der Waals surface area contributed by atoms with Gasteiger partial charge in [-0.25, -0.2) is 4.79 Å². The van der Waals surface area contributed by atoms with E-state index < -0.39 is 24.3 Å². The van der Waals surface area contributed by atoms with Crippen molar-refractivity contribution in [2.75, 3.05) is 47.5 Å². The second kappa shape index (κ2) is 60.8. The monoisotopic (exact) mass is 1110 g/mol.